The number of hydrogen-bond donors (Lipinski definition) is 0. The van der Waals surface area contributed by atoms with E-state index in [1.807, 2.05) is 54.5 Å². The molecule has 22 heavy (non-hydrogen) atoms. The van der Waals surface area contributed by atoms with Gasteiger partial charge in [-0.05, 0) is 32.2 Å². The molecule has 0 saturated carbocycles. The van der Waals surface area contributed by atoms with Crippen LogP contribution < -0.4 is 0 Å². The number of pyridine rings is 1. The van der Waals surface area contributed by atoms with Gasteiger partial charge in [-0.1, -0.05) is 6.07 Å². The zero-order valence-electron chi connectivity index (χ0n) is 13.2. The SMILES string of the molecule is CC(=O)c1cc(CN(C)Cc2cnc3ccccn23)n(C)c1. The number of ketones is 1. The Balaban J connectivity index is 1.75. The Kier molecular flexibility index (Phi) is 3.81. The van der Waals surface area contributed by atoms with Crippen LogP contribution in [0.3, 0.4) is 0 Å². The number of aromatic nitrogens is 3. The molecule has 0 unspecified atom stereocenters. The molecule has 3 aromatic rings. The maximum Gasteiger partial charge on any atom is 0.161 e. The van der Waals surface area contributed by atoms with Gasteiger partial charge in [0.1, 0.15) is 5.65 Å². The van der Waals surface area contributed by atoms with E-state index in [1.165, 1.54) is 0 Å². The number of imidazole rings is 1. The largest absolute Gasteiger partial charge is 0.353 e. The van der Waals surface area contributed by atoms with Gasteiger partial charge in [0.25, 0.3) is 0 Å². The molecule has 5 heteroatoms. The summed E-state index contributed by atoms with van der Waals surface area (Å²) in [5, 5.41) is 0. The van der Waals surface area contributed by atoms with Gasteiger partial charge >= 0.3 is 0 Å². The molecule has 0 radical (unpaired) electrons. The first kappa shape index (κ1) is 14.5. The van der Waals surface area contributed by atoms with E-state index in [1.54, 1.807) is 6.92 Å². The summed E-state index contributed by atoms with van der Waals surface area (Å²) >= 11 is 0. The summed E-state index contributed by atoms with van der Waals surface area (Å²) in [7, 11) is 4.05. The van der Waals surface area contributed by atoms with Crippen molar-refractivity contribution in [3.8, 4) is 0 Å². The summed E-state index contributed by atoms with van der Waals surface area (Å²) in [6, 6.07) is 7.96. The fraction of sp³-hybridized carbons (Fsp3) is 0.294. The van der Waals surface area contributed by atoms with Crippen molar-refractivity contribution >= 4 is 11.4 Å². The van der Waals surface area contributed by atoms with Crippen LogP contribution in [0, 0.1) is 0 Å². The molecule has 0 N–H and O–H groups in total. The maximum atomic E-state index is 11.5. The molecule has 3 heterocycles. The minimum atomic E-state index is 0.103. The van der Waals surface area contributed by atoms with Crippen LogP contribution in [0.1, 0.15) is 28.7 Å². The third-order valence-corrected chi connectivity index (χ3v) is 3.87. The summed E-state index contributed by atoms with van der Waals surface area (Å²) in [5.74, 6) is 0.103. The molecular formula is C17H20N4O. The normalized spacial score (nSPS) is 11.5. The standard InChI is InChI=1S/C17H20N4O/c1-13(22)14-8-15(20(3)10-14)11-19(2)12-16-9-18-17-6-4-5-7-21(16)17/h4-10H,11-12H2,1-3H3. The monoisotopic (exact) mass is 296 g/mol. The highest BCUT2D eigenvalue weighted by Gasteiger charge is 2.11. The lowest BCUT2D eigenvalue weighted by molar-refractivity contribution is 0.101. The van der Waals surface area contributed by atoms with Crippen LogP contribution >= 0.6 is 0 Å². The number of carbonyl (C=O) groups excluding carboxylic acids is 1. The zero-order chi connectivity index (χ0) is 15.7. The first-order valence-corrected chi connectivity index (χ1v) is 7.30. The van der Waals surface area contributed by atoms with Crippen LogP contribution in [0.15, 0.2) is 42.9 Å². The minimum Gasteiger partial charge on any atom is -0.353 e. The van der Waals surface area contributed by atoms with Gasteiger partial charge in [-0.2, -0.15) is 0 Å². The number of nitrogens with zero attached hydrogens (tertiary/aromatic N) is 4. The van der Waals surface area contributed by atoms with Gasteiger partial charge in [-0.15, -0.1) is 0 Å². The van der Waals surface area contributed by atoms with Gasteiger partial charge in [-0.3, -0.25) is 9.69 Å². The van der Waals surface area contributed by atoms with Gasteiger partial charge in [0.05, 0.1) is 11.9 Å². The average Bonchev–Trinajstić information content (AvgIpc) is 3.04. The molecule has 0 saturated heterocycles. The van der Waals surface area contributed by atoms with Gasteiger partial charge in [0.15, 0.2) is 5.78 Å². The second-order valence-corrected chi connectivity index (χ2v) is 5.74. The lowest BCUT2D eigenvalue weighted by Crippen LogP contribution is -2.19. The fourth-order valence-corrected chi connectivity index (χ4v) is 2.67. The fourth-order valence-electron chi connectivity index (χ4n) is 2.67. The molecule has 0 spiro atoms. The quantitative estimate of drug-likeness (QED) is 0.679. The third-order valence-electron chi connectivity index (χ3n) is 3.87. The average molecular weight is 296 g/mol. The third kappa shape index (κ3) is 2.80. The number of aryl methyl sites for hydroxylation is 1. The Bertz CT molecular complexity index is 815. The molecule has 5 nitrogen and oxygen atoms in total. The minimum absolute atomic E-state index is 0.103. The van der Waals surface area contributed by atoms with Crippen LogP contribution in [0.5, 0.6) is 0 Å². The summed E-state index contributed by atoms with van der Waals surface area (Å²) < 4.78 is 4.12. The molecule has 0 amide bonds. The van der Waals surface area contributed by atoms with Crippen molar-refractivity contribution in [2.45, 2.75) is 20.0 Å². The highest BCUT2D eigenvalue weighted by molar-refractivity contribution is 5.94. The summed E-state index contributed by atoms with van der Waals surface area (Å²) in [5.41, 5.74) is 4.00. The first-order valence-electron chi connectivity index (χ1n) is 7.30. The van der Waals surface area contributed by atoms with Crippen LogP contribution in [0.25, 0.3) is 5.65 Å². The van der Waals surface area contributed by atoms with Gasteiger partial charge < -0.3 is 8.97 Å². The molecule has 0 bridgehead atoms. The van der Waals surface area contributed by atoms with Crippen molar-refractivity contribution in [3.63, 3.8) is 0 Å². The highest BCUT2D eigenvalue weighted by atomic mass is 16.1. The van der Waals surface area contributed by atoms with E-state index >= 15 is 0 Å². The first-order chi connectivity index (χ1) is 10.5. The van der Waals surface area contributed by atoms with E-state index in [9.17, 15) is 4.79 Å². The van der Waals surface area contributed by atoms with E-state index in [2.05, 4.69) is 21.3 Å². The number of Topliss-reactive ketones (excluding diaryl/α,β-unsaturated/α-hetero) is 1. The zero-order valence-corrected chi connectivity index (χ0v) is 13.2. The molecule has 0 aliphatic carbocycles. The topological polar surface area (TPSA) is 42.5 Å². The molecule has 3 rings (SSSR count). The number of fused-ring (bicyclic) bond motifs is 1. The molecule has 3 aromatic heterocycles. The second-order valence-electron chi connectivity index (χ2n) is 5.74. The van der Waals surface area contributed by atoms with Crippen molar-refractivity contribution in [2.75, 3.05) is 7.05 Å². The van der Waals surface area contributed by atoms with E-state index in [4.69, 9.17) is 0 Å². The Morgan fingerprint density at radius 1 is 1.27 bits per heavy atom. The summed E-state index contributed by atoms with van der Waals surface area (Å²) in [6.45, 7) is 3.18. The van der Waals surface area contributed by atoms with Crippen molar-refractivity contribution in [2.24, 2.45) is 7.05 Å². The van der Waals surface area contributed by atoms with E-state index < -0.39 is 0 Å². The van der Waals surface area contributed by atoms with Crippen LogP contribution in [-0.2, 0) is 20.1 Å². The Morgan fingerprint density at radius 3 is 2.77 bits per heavy atom. The van der Waals surface area contributed by atoms with Crippen molar-refractivity contribution in [3.05, 3.63) is 59.8 Å². The van der Waals surface area contributed by atoms with Crippen molar-refractivity contribution in [1.82, 2.24) is 18.9 Å². The van der Waals surface area contributed by atoms with Crippen molar-refractivity contribution in [1.29, 1.82) is 0 Å². The molecule has 0 aliphatic rings. The molecule has 0 fully saturated rings. The lowest BCUT2D eigenvalue weighted by atomic mass is 10.2. The molecule has 0 aliphatic heterocycles. The molecule has 0 atom stereocenters. The maximum absolute atomic E-state index is 11.5. The Hall–Kier alpha value is -2.40. The highest BCUT2D eigenvalue weighted by Crippen LogP contribution is 2.13. The molecule has 0 aromatic carbocycles. The Labute approximate surface area is 129 Å². The van der Waals surface area contributed by atoms with Gasteiger partial charge in [0, 0.05) is 43.8 Å². The van der Waals surface area contributed by atoms with Crippen LogP contribution in [0.2, 0.25) is 0 Å². The van der Waals surface area contributed by atoms with Crippen molar-refractivity contribution < 1.29 is 4.79 Å². The van der Waals surface area contributed by atoms with E-state index in [0.29, 0.717) is 0 Å². The number of hydrogen-bond acceptors (Lipinski definition) is 3. The summed E-state index contributed by atoms with van der Waals surface area (Å²) in [4.78, 5) is 18.1. The predicted octanol–water partition coefficient (Wildman–Crippen LogP) is 2.51. The predicted molar refractivity (Wildman–Crippen MR) is 85.8 cm³/mol. The van der Waals surface area contributed by atoms with E-state index in [-0.39, 0.29) is 5.78 Å². The van der Waals surface area contributed by atoms with E-state index in [0.717, 1.165) is 35.7 Å². The molecule has 114 valence electrons. The van der Waals surface area contributed by atoms with Crippen LogP contribution in [0.4, 0.5) is 0 Å². The Morgan fingerprint density at radius 2 is 2.05 bits per heavy atom. The molecular weight excluding hydrogens is 276 g/mol. The van der Waals surface area contributed by atoms with Crippen LogP contribution in [-0.4, -0.2) is 31.7 Å². The lowest BCUT2D eigenvalue weighted by Gasteiger charge is -2.16. The van der Waals surface area contributed by atoms with Gasteiger partial charge in [0.2, 0.25) is 0 Å². The second kappa shape index (κ2) is 5.77. The van der Waals surface area contributed by atoms with Gasteiger partial charge in [-0.25, -0.2) is 4.98 Å². The number of carbonyl (C=O) groups is 1. The smallest absolute Gasteiger partial charge is 0.161 e. The summed E-state index contributed by atoms with van der Waals surface area (Å²) in [6.07, 6.45) is 5.83. The number of rotatable bonds is 5.